The van der Waals surface area contributed by atoms with E-state index < -0.39 is 0 Å². The summed E-state index contributed by atoms with van der Waals surface area (Å²) < 4.78 is 10.8. The van der Waals surface area contributed by atoms with Gasteiger partial charge in [0.05, 0.1) is 6.54 Å². The summed E-state index contributed by atoms with van der Waals surface area (Å²) in [5.74, 6) is 3.40. The molecule has 0 aliphatic carbocycles. The van der Waals surface area contributed by atoms with Crippen molar-refractivity contribution in [3.8, 4) is 11.5 Å². The minimum Gasteiger partial charge on any atom is -0.454 e. The molecule has 0 bridgehead atoms. The highest BCUT2D eigenvalue weighted by Crippen LogP contribution is 2.34. The summed E-state index contributed by atoms with van der Waals surface area (Å²) in [5.41, 5.74) is 9.13. The molecule has 1 aliphatic rings. The van der Waals surface area contributed by atoms with E-state index in [0.29, 0.717) is 30.4 Å². The Morgan fingerprint density at radius 2 is 1.72 bits per heavy atom. The van der Waals surface area contributed by atoms with E-state index in [0.717, 1.165) is 28.4 Å². The number of anilines is 4. The van der Waals surface area contributed by atoms with Gasteiger partial charge in [-0.15, -0.1) is 0 Å². The van der Waals surface area contributed by atoms with Gasteiger partial charge in [0.25, 0.3) is 0 Å². The number of fused-ring (bicyclic) bond motifs is 1. The molecule has 0 radical (unpaired) electrons. The molecule has 0 unspecified atom stereocenters. The molecule has 0 saturated carbocycles. The molecule has 4 aromatic rings. The normalized spacial score (nSPS) is 11.9. The van der Waals surface area contributed by atoms with E-state index in [-0.39, 0.29) is 6.79 Å². The monoisotopic (exact) mass is 426 g/mol. The highest BCUT2D eigenvalue weighted by Gasteiger charge is 2.19. The molecular formula is C24H22N6O2. The van der Waals surface area contributed by atoms with Gasteiger partial charge in [-0.05, 0) is 35.4 Å². The molecule has 32 heavy (non-hydrogen) atoms. The molecule has 5 rings (SSSR count). The standard InChI is InChI=1S/C24H22N6O2/c25-22-23(27-13-18-9-10-19-20(12-18)32-16-31-19)28-15-29-24(22)30(21-8-4-5-11-26-21)14-17-6-2-1-3-7-17/h1-12,15H,13-14,16,25H2,(H,27,28,29). The Kier molecular flexibility index (Phi) is 5.40. The van der Waals surface area contributed by atoms with Crippen LogP contribution in [0.15, 0.2) is 79.3 Å². The highest BCUT2D eigenvalue weighted by atomic mass is 16.7. The third-order valence-corrected chi connectivity index (χ3v) is 5.12. The minimum absolute atomic E-state index is 0.249. The molecule has 3 heterocycles. The number of aromatic nitrogens is 3. The first kappa shape index (κ1) is 19.6. The van der Waals surface area contributed by atoms with Crippen molar-refractivity contribution in [3.63, 3.8) is 0 Å². The number of nitrogens with one attached hydrogen (secondary N) is 1. The van der Waals surface area contributed by atoms with Crippen LogP contribution < -0.4 is 25.4 Å². The second-order valence-corrected chi connectivity index (χ2v) is 7.26. The lowest BCUT2D eigenvalue weighted by molar-refractivity contribution is 0.174. The van der Waals surface area contributed by atoms with Crippen LogP contribution in [-0.4, -0.2) is 21.7 Å². The van der Waals surface area contributed by atoms with Crippen LogP contribution in [0.25, 0.3) is 0 Å². The Morgan fingerprint density at radius 3 is 2.56 bits per heavy atom. The summed E-state index contributed by atoms with van der Waals surface area (Å²) in [5, 5.41) is 3.31. The van der Waals surface area contributed by atoms with Crippen LogP contribution in [0.4, 0.5) is 23.1 Å². The molecule has 8 nitrogen and oxygen atoms in total. The number of pyridine rings is 1. The van der Waals surface area contributed by atoms with Crippen LogP contribution in [-0.2, 0) is 13.1 Å². The van der Waals surface area contributed by atoms with E-state index in [1.807, 2.05) is 59.5 Å². The summed E-state index contributed by atoms with van der Waals surface area (Å²) in [7, 11) is 0. The third-order valence-electron chi connectivity index (χ3n) is 5.12. The minimum atomic E-state index is 0.249. The van der Waals surface area contributed by atoms with Crippen LogP contribution >= 0.6 is 0 Å². The van der Waals surface area contributed by atoms with Crippen LogP contribution in [0.1, 0.15) is 11.1 Å². The molecule has 160 valence electrons. The zero-order valence-electron chi connectivity index (χ0n) is 17.3. The molecule has 0 spiro atoms. The zero-order valence-corrected chi connectivity index (χ0v) is 17.3. The molecule has 0 atom stereocenters. The van der Waals surface area contributed by atoms with Crippen LogP contribution in [0.3, 0.4) is 0 Å². The van der Waals surface area contributed by atoms with Gasteiger partial charge in [-0.3, -0.25) is 0 Å². The molecular weight excluding hydrogens is 404 g/mol. The second kappa shape index (κ2) is 8.81. The van der Waals surface area contributed by atoms with Gasteiger partial charge in [-0.1, -0.05) is 42.5 Å². The summed E-state index contributed by atoms with van der Waals surface area (Å²) in [4.78, 5) is 15.3. The molecule has 0 saturated heterocycles. The maximum atomic E-state index is 6.53. The van der Waals surface area contributed by atoms with Gasteiger partial charge in [-0.2, -0.15) is 0 Å². The van der Waals surface area contributed by atoms with Gasteiger partial charge in [0.2, 0.25) is 6.79 Å². The number of hydrogen-bond donors (Lipinski definition) is 2. The van der Waals surface area contributed by atoms with Crippen molar-refractivity contribution in [2.75, 3.05) is 22.7 Å². The van der Waals surface area contributed by atoms with Gasteiger partial charge in [-0.25, -0.2) is 15.0 Å². The number of nitrogens with zero attached hydrogens (tertiary/aromatic N) is 4. The first-order chi connectivity index (χ1) is 15.8. The number of hydrogen-bond acceptors (Lipinski definition) is 8. The lowest BCUT2D eigenvalue weighted by Crippen LogP contribution is -2.21. The van der Waals surface area contributed by atoms with Crippen molar-refractivity contribution in [2.45, 2.75) is 13.1 Å². The quantitative estimate of drug-likeness (QED) is 0.455. The molecule has 0 amide bonds. The lowest BCUT2D eigenvalue weighted by atomic mass is 10.2. The molecule has 3 N–H and O–H groups in total. The number of rotatable bonds is 7. The maximum absolute atomic E-state index is 6.53. The SMILES string of the molecule is Nc1c(NCc2ccc3c(c2)OCO3)ncnc1N(Cc1ccccc1)c1ccccn1. The summed E-state index contributed by atoms with van der Waals surface area (Å²) in [6.45, 7) is 1.35. The Morgan fingerprint density at radius 1 is 0.875 bits per heavy atom. The van der Waals surface area contributed by atoms with Gasteiger partial charge in [0.15, 0.2) is 23.1 Å². The fourth-order valence-electron chi connectivity index (χ4n) is 3.52. The average molecular weight is 426 g/mol. The number of ether oxygens (including phenoxy) is 2. The topological polar surface area (TPSA) is 98.4 Å². The van der Waals surface area contributed by atoms with Gasteiger partial charge >= 0.3 is 0 Å². The van der Waals surface area contributed by atoms with Crippen LogP contribution in [0, 0.1) is 0 Å². The number of nitrogens with two attached hydrogens (primary N) is 1. The first-order valence-corrected chi connectivity index (χ1v) is 10.2. The second-order valence-electron chi connectivity index (χ2n) is 7.26. The van der Waals surface area contributed by atoms with Crippen LogP contribution in [0.2, 0.25) is 0 Å². The number of nitrogen functional groups attached to an aromatic ring is 1. The highest BCUT2D eigenvalue weighted by molar-refractivity contribution is 5.78. The summed E-state index contributed by atoms with van der Waals surface area (Å²) >= 11 is 0. The zero-order chi connectivity index (χ0) is 21.8. The van der Waals surface area contributed by atoms with Gasteiger partial charge < -0.3 is 25.4 Å². The molecule has 2 aromatic carbocycles. The number of benzene rings is 2. The summed E-state index contributed by atoms with van der Waals surface area (Å²) in [6.07, 6.45) is 3.26. The Balaban J connectivity index is 1.42. The smallest absolute Gasteiger partial charge is 0.231 e. The Bertz CT molecular complexity index is 1200. The van der Waals surface area contributed by atoms with E-state index in [9.17, 15) is 0 Å². The Hall–Kier alpha value is -4.33. The van der Waals surface area contributed by atoms with Gasteiger partial charge in [0, 0.05) is 12.7 Å². The fourth-order valence-corrected chi connectivity index (χ4v) is 3.52. The van der Waals surface area contributed by atoms with Gasteiger partial charge in [0.1, 0.15) is 17.8 Å². The van der Waals surface area contributed by atoms with E-state index >= 15 is 0 Å². The molecule has 2 aromatic heterocycles. The van der Waals surface area contributed by atoms with E-state index in [1.165, 1.54) is 6.33 Å². The largest absolute Gasteiger partial charge is 0.454 e. The van der Waals surface area contributed by atoms with E-state index in [2.05, 4.69) is 32.4 Å². The molecule has 8 heteroatoms. The predicted octanol–water partition coefficient (Wildman–Crippen LogP) is 4.13. The fraction of sp³-hybridized carbons (Fsp3) is 0.125. The van der Waals surface area contributed by atoms with E-state index in [1.54, 1.807) is 6.20 Å². The molecule has 0 fully saturated rings. The lowest BCUT2D eigenvalue weighted by Gasteiger charge is -2.25. The molecule has 1 aliphatic heterocycles. The van der Waals surface area contributed by atoms with Crippen molar-refractivity contribution in [1.29, 1.82) is 0 Å². The van der Waals surface area contributed by atoms with Crippen LogP contribution in [0.5, 0.6) is 11.5 Å². The average Bonchev–Trinajstić information content (AvgIpc) is 3.31. The predicted molar refractivity (Wildman–Crippen MR) is 123 cm³/mol. The first-order valence-electron chi connectivity index (χ1n) is 10.2. The maximum Gasteiger partial charge on any atom is 0.231 e. The van der Waals surface area contributed by atoms with E-state index in [4.69, 9.17) is 15.2 Å². The third kappa shape index (κ3) is 4.11. The van der Waals surface area contributed by atoms with Crippen molar-refractivity contribution >= 4 is 23.1 Å². The Labute approximate surface area is 185 Å². The van der Waals surface area contributed by atoms with Crippen molar-refractivity contribution in [1.82, 2.24) is 15.0 Å². The van der Waals surface area contributed by atoms with Crippen molar-refractivity contribution in [2.24, 2.45) is 0 Å². The van der Waals surface area contributed by atoms with Crippen molar-refractivity contribution in [3.05, 3.63) is 90.4 Å². The van der Waals surface area contributed by atoms with Crippen molar-refractivity contribution < 1.29 is 9.47 Å². The summed E-state index contributed by atoms with van der Waals surface area (Å²) in [6, 6.07) is 21.7.